The van der Waals surface area contributed by atoms with E-state index in [4.69, 9.17) is 9.26 Å². The summed E-state index contributed by atoms with van der Waals surface area (Å²) >= 11 is 0. The van der Waals surface area contributed by atoms with Crippen LogP contribution in [0.25, 0.3) is 11.3 Å². The minimum Gasteiger partial charge on any atom is -0.497 e. The second kappa shape index (κ2) is 8.02. The molecule has 4 rings (SSSR count). The van der Waals surface area contributed by atoms with Crippen LogP contribution in [0.5, 0.6) is 5.75 Å². The van der Waals surface area contributed by atoms with Gasteiger partial charge in [0.1, 0.15) is 17.6 Å². The van der Waals surface area contributed by atoms with E-state index in [1.807, 2.05) is 72.4 Å². The molecule has 2 aromatic carbocycles. The molecular formula is C22H20N4O3. The molecule has 0 aliphatic rings. The number of benzene rings is 2. The van der Waals surface area contributed by atoms with Crippen molar-refractivity contribution in [1.82, 2.24) is 20.0 Å². The number of nitrogens with one attached hydrogen (secondary N) is 1. The maximum absolute atomic E-state index is 12.9. The molecule has 146 valence electrons. The van der Waals surface area contributed by atoms with E-state index in [-0.39, 0.29) is 11.6 Å². The Hall–Kier alpha value is -3.87. The number of hydrogen-bond acceptors (Lipinski definition) is 5. The summed E-state index contributed by atoms with van der Waals surface area (Å²) in [6, 6.07) is 18.2. The number of ether oxygens (including phenoxy) is 1. The fourth-order valence-electron chi connectivity index (χ4n) is 3.07. The van der Waals surface area contributed by atoms with E-state index in [2.05, 4.69) is 15.5 Å². The van der Waals surface area contributed by atoms with Gasteiger partial charge in [-0.2, -0.15) is 0 Å². The van der Waals surface area contributed by atoms with Crippen LogP contribution in [0.15, 0.2) is 77.6 Å². The Kier molecular flexibility index (Phi) is 5.11. The van der Waals surface area contributed by atoms with Crippen molar-refractivity contribution in [2.24, 2.45) is 7.05 Å². The smallest absolute Gasteiger partial charge is 0.274 e. The SMILES string of the molecule is COc1ccc(C(NC(=O)c2cc(-c3ccccc3)on2)c2nccn2C)cc1. The van der Waals surface area contributed by atoms with Gasteiger partial charge < -0.3 is 19.1 Å². The predicted octanol–water partition coefficient (Wildman–Crippen LogP) is 3.60. The molecule has 4 aromatic rings. The largest absolute Gasteiger partial charge is 0.497 e. The zero-order valence-corrected chi connectivity index (χ0v) is 16.1. The zero-order valence-electron chi connectivity index (χ0n) is 16.1. The number of methoxy groups -OCH3 is 1. The molecule has 1 unspecified atom stereocenters. The van der Waals surface area contributed by atoms with Crippen LogP contribution in [0.4, 0.5) is 0 Å². The van der Waals surface area contributed by atoms with E-state index in [9.17, 15) is 4.79 Å². The monoisotopic (exact) mass is 388 g/mol. The quantitative estimate of drug-likeness (QED) is 0.546. The first kappa shape index (κ1) is 18.5. The number of aryl methyl sites for hydroxylation is 1. The summed E-state index contributed by atoms with van der Waals surface area (Å²) in [5, 5.41) is 6.95. The van der Waals surface area contributed by atoms with Gasteiger partial charge in [-0.3, -0.25) is 4.79 Å². The average molecular weight is 388 g/mol. The third-order valence-corrected chi connectivity index (χ3v) is 4.64. The maximum atomic E-state index is 12.9. The van der Waals surface area contributed by atoms with Gasteiger partial charge in [0.15, 0.2) is 11.5 Å². The van der Waals surface area contributed by atoms with E-state index in [0.29, 0.717) is 11.6 Å². The van der Waals surface area contributed by atoms with E-state index >= 15 is 0 Å². The second-order valence-corrected chi connectivity index (χ2v) is 6.52. The topological polar surface area (TPSA) is 82.2 Å². The van der Waals surface area contributed by atoms with Crippen molar-refractivity contribution in [3.63, 3.8) is 0 Å². The maximum Gasteiger partial charge on any atom is 0.274 e. The minimum atomic E-state index is -0.453. The lowest BCUT2D eigenvalue weighted by atomic mass is 10.1. The molecule has 0 bridgehead atoms. The van der Waals surface area contributed by atoms with E-state index in [1.165, 1.54) is 0 Å². The van der Waals surface area contributed by atoms with Crippen LogP contribution in [-0.2, 0) is 7.05 Å². The Balaban J connectivity index is 1.61. The van der Waals surface area contributed by atoms with Crippen LogP contribution >= 0.6 is 0 Å². The van der Waals surface area contributed by atoms with Crippen LogP contribution in [0.1, 0.15) is 27.9 Å². The van der Waals surface area contributed by atoms with Crippen molar-refractivity contribution in [2.75, 3.05) is 7.11 Å². The summed E-state index contributed by atoms with van der Waals surface area (Å²) in [6.07, 6.45) is 3.53. The molecule has 1 amide bonds. The molecule has 7 nitrogen and oxygen atoms in total. The van der Waals surface area contributed by atoms with Crippen molar-refractivity contribution in [3.8, 4) is 17.1 Å². The van der Waals surface area contributed by atoms with E-state index < -0.39 is 6.04 Å². The molecule has 0 radical (unpaired) electrons. The Morgan fingerprint density at radius 3 is 2.55 bits per heavy atom. The highest BCUT2D eigenvalue weighted by atomic mass is 16.5. The summed E-state index contributed by atoms with van der Waals surface area (Å²) in [6.45, 7) is 0. The predicted molar refractivity (Wildman–Crippen MR) is 107 cm³/mol. The summed E-state index contributed by atoms with van der Waals surface area (Å²) in [7, 11) is 3.50. The third kappa shape index (κ3) is 3.89. The van der Waals surface area contributed by atoms with Gasteiger partial charge in [0.25, 0.3) is 5.91 Å². The Morgan fingerprint density at radius 1 is 1.14 bits per heavy atom. The van der Waals surface area contributed by atoms with E-state index in [0.717, 1.165) is 16.9 Å². The van der Waals surface area contributed by atoms with Gasteiger partial charge in [0.05, 0.1) is 7.11 Å². The molecular weight excluding hydrogens is 368 g/mol. The molecule has 0 saturated carbocycles. The number of carbonyl (C=O) groups is 1. The molecule has 1 atom stereocenters. The molecule has 0 fully saturated rings. The van der Waals surface area contributed by atoms with Gasteiger partial charge >= 0.3 is 0 Å². The molecule has 0 saturated heterocycles. The molecule has 2 heterocycles. The highest BCUT2D eigenvalue weighted by molar-refractivity contribution is 5.93. The molecule has 29 heavy (non-hydrogen) atoms. The standard InChI is InChI=1S/C22H20N4O3/c1-26-13-12-23-21(26)20(16-8-10-17(28-2)11-9-16)24-22(27)18-14-19(29-25-18)15-6-4-3-5-7-15/h3-14,20H,1-2H3,(H,24,27). The van der Waals surface area contributed by atoms with Crippen LogP contribution in [-0.4, -0.2) is 27.7 Å². The summed E-state index contributed by atoms with van der Waals surface area (Å²) < 4.78 is 12.5. The molecule has 0 spiro atoms. The zero-order chi connectivity index (χ0) is 20.2. The van der Waals surface area contributed by atoms with Gasteiger partial charge in [-0.15, -0.1) is 0 Å². The first-order chi connectivity index (χ1) is 14.2. The fraction of sp³-hybridized carbons (Fsp3) is 0.136. The number of carbonyl (C=O) groups excluding carboxylic acids is 1. The lowest BCUT2D eigenvalue weighted by Crippen LogP contribution is -2.31. The first-order valence-electron chi connectivity index (χ1n) is 9.10. The summed E-state index contributed by atoms with van der Waals surface area (Å²) in [4.78, 5) is 17.3. The Bertz CT molecular complexity index is 1100. The second-order valence-electron chi connectivity index (χ2n) is 6.52. The summed E-state index contributed by atoms with van der Waals surface area (Å²) in [5.74, 6) is 1.63. The van der Waals surface area contributed by atoms with Gasteiger partial charge in [-0.05, 0) is 17.7 Å². The van der Waals surface area contributed by atoms with Crippen molar-refractivity contribution in [1.29, 1.82) is 0 Å². The number of amides is 1. The lowest BCUT2D eigenvalue weighted by molar-refractivity contribution is 0.0932. The Morgan fingerprint density at radius 2 is 1.90 bits per heavy atom. The average Bonchev–Trinajstić information content (AvgIpc) is 3.42. The van der Waals surface area contributed by atoms with Crippen molar-refractivity contribution < 1.29 is 14.1 Å². The van der Waals surface area contributed by atoms with Crippen LogP contribution in [0.2, 0.25) is 0 Å². The van der Waals surface area contributed by atoms with Gasteiger partial charge in [-0.1, -0.05) is 47.6 Å². The van der Waals surface area contributed by atoms with Crippen molar-refractivity contribution >= 4 is 5.91 Å². The molecule has 1 N–H and O–H groups in total. The minimum absolute atomic E-state index is 0.205. The number of hydrogen-bond donors (Lipinski definition) is 1. The fourth-order valence-corrected chi connectivity index (χ4v) is 3.07. The molecule has 0 aliphatic carbocycles. The molecule has 0 aliphatic heterocycles. The number of rotatable bonds is 6. The third-order valence-electron chi connectivity index (χ3n) is 4.64. The summed E-state index contributed by atoms with van der Waals surface area (Å²) in [5.41, 5.74) is 1.94. The molecule has 2 aromatic heterocycles. The van der Waals surface area contributed by atoms with E-state index in [1.54, 1.807) is 19.4 Å². The lowest BCUT2D eigenvalue weighted by Gasteiger charge is -2.18. The van der Waals surface area contributed by atoms with Crippen molar-refractivity contribution in [2.45, 2.75) is 6.04 Å². The number of imidazole rings is 1. The normalized spacial score (nSPS) is 11.8. The van der Waals surface area contributed by atoms with Gasteiger partial charge in [-0.25, -0.2) is 4.98 Å². The van der Waals surface area contributed by atoms with Crippen LogP contribution in [0, 0.1) is 0 Å². The van der Waals surface area contributed by atoms with Gasteiger partial charge in [0, 0.05) is 31.1 Å². The highest BCUT2D eigenvalue weighted by Gasteiger charge is 2.23. The Labute approximate surface area is 167 Å². The van der Waals surface area contributed by atoms with Crippen LogP contribution < -0.4 is 10.1 Å². The number of aromatic nitrogens is 3. The van der Waals surface area contributed by atoms with Crippen LogP contribution in [0.3, 0.4) is 0 Å². The first-order valence-corrected chi connectivity index (χ1v) is 9.10. The number of nitrogens with zero attached hydrogens (tertiary/aromatic N) is 3. The van der Waals surface area contributed by atoms with Gasteiger partial charge in [0.2, 0.25) is 0 Å². The molecule has 7 heteroatoms. The van der Waals surface area contributed by atoms with Crippen molar-refractivity contribution in [3.05, 3.63) is 90.1 Å². The highest BCUT2D eigenvalue weighted by Crippen LogP contribution is 2.24.